The van der Waals surface area contributed by atoms with Gasteiger partial charge in [-0.15, -0.1) is 0 Å². The van der Waals surface area contributed by atoms with Crippen LogP contribution >= 0.6 is 11.6 Å². The minimum Gasteiger partial charge on any atom is -0.476 e. The first kappa shape index (κ1) is 23.1. The van der Waals surface area contributed by atoms with Crippen molar-refractivity contribution in [2.75, 3.05) is 12.9 Å². The fraction of sp³-hybridized carbons (Fsp3) is 0.364. The van der Waals surface area contributed by atoms with Crippen molar-refractivity contribution in [3.63, 3.8) is 0 Å². The molecular weight excluding hydrogens is 438 g/mol. The van der Waals surface area contributed by atoms with E-state index in [4.69, 9.17) is 16.3 Å². The molecule has 0 atom stereocenters. The molecule has 2 aromatic heterocycles. The second-order valence-corrected chi connectivity index (χ2v) is 10.4. The third-order valence-corrected chi connectivity index (χ3v) is 5.43. The van der Waals surface area contributed by atoms with Gasteiger partial charge in [-0.2, -0.15) is 0 Å². The Morgan fingerprint density at radius 2 is 1.94 bits per heavy atom. The summed E-state index contributed by atoms with van der Waals surface area (Å²) in [5.41, 5.74) is 2.80. The highest BCUT2D eigenvalue weighted by molar-refractivity contribution is 7.89. The zero-order valence-corrected chi connectivity index (χ0v) is 19.7. The Hall–Kier alpha value is -2.58. The average molecular weight is 464 g/mol. The number of ether oxygens (including phenoxy) is 1. The number of pyridine rings is 1. The van der Waals surface area contributed by atoms with Gasteiger partial charge in [-0.1, -0.05) is 31.5 Å². The summed E-state index contributed by atoms with van der Waals surface area (Å²) in [7, 11) is -3.65. The van der Waals surface area contributed by atoms with Crippen LogP contribution in [0.4, 0.5) is 0 Å². The quantitative estimate of drug-likeness (QED) is 0.550. The summed E-state index contributed by atoms with van der Waals surface area (Å²) < 4.78 is 32.5. The van der Waals surface area contributed by atoms with Gasteiger partial charge >= 0.3 is 0 Å². The Balaban J connectivity index is 2.06. The van der Waals surface area contributed by atoms with Crippen LogP contribution < -0.4 is 9.46 Å². The van der Waals surface area contributed by atoms with E-state index in [2.05, 4.69) is 4.98 Å². The number of benzene rings is 1. The molecule has 0 aliphatic carbocycles. The molecule has 1 N–H and O–H groups in total. The Morgan fingerprint density at radius 1 is 1.23 bits per heavy atom. The van der Waals surface area contributed by atoms with Crippen LogP contribution in [-0.4, -0.2) is 36.7 Å². The molecule has 0 saturated heterocycles. The highest BCUT2D eigenvalue weighted by Crippen LogP contribution is 2.35. The Labute approximate surface area is 187 Å². The molecule has 31 heavy (non-hydrogen) atoms. The van der Waals surface area contributed by atoms with Gasteiger partial charge in [0, 0.05) is 46.0 Å². The minimum absolute atomic E-state index is 0.113. The Morgan fingerprint density at radius 3 is 2.52 bits per heavy atom. The maximum atomic E-state index is 12.3. The first-order valence-electron chi connectivity index (χ1n) is 9.91. The molecule has 1 aromatic carbocycles. The van der Waals surface area contributed by atoms with Crippen molar-refractivity contribution >= 4 is 38.4 Å². The van der Waals surface area contributed by atoms with Crippen LogP contribution in [0.25, 0.3) is 22.0 Å². The van der Waals surface area contributed by atoms with Crippen molar-refractivity contribution in [1.29, 1.82) is 0 Å². The molecule has 1 amide bonds. The molecule has 0 aliphatic heterocycles. The highest BCUT2D eigenvalue weighted by Gasteiger charge is 2.18. The summed E-state index contributed by atoms with van der Waals surface area (Å²) in [6.45, 7) is 8.68. The van der Waals surface area contributed by atoms with Crippen molar-refractivity contribution in [3.05, 3.63) is 47.2 Å². The Kier molecular flexibility index (Phi) is 6.62. The van der Waals surface area contributed by atoms with Gasteiger partial charge in [-0.3, -0.25) is 4.79 Å². The van der Waals surface area contributed by atoms with E-state index in [0.29, 0.717) is 23.4 Å². The predicted octanol–water partition coefficient (Wildman–Crippen LogP) is 4.66. The Bertz CT molecular complexity index is 1230. The highest BCUT2D eigenvalue weighted by atomic mass is 35.5. The minimum atomic E-state index is -3.65. The maximum absolute atomic E-state index is 12.3. The van der Waals surface area contributed by atoms with E-state index in [1.807, 2.05) is 49.2 Å². The van der Waals surface area contributed by atoms with Crippen LogP contribution in [0.1, 0.15) is 44.1 Å². The number of carbonyl (C=O) groups is 1. The zero-order chi connectivity index (χ0) is 22.9. The van der Waals surface area contributed by atoms with E-state index >= 15 is 0 Å². The number of nitrogens with zero attached hydrogens (tertiary/aromatic N) is 2. The number of halogens is 1. The normalized spacial score (nSPS) is 12.0. The van der Waals surface area contributed by atoms with Gasteiger partial charge in [0.15, 0.2) is 0 Å². The smallest absolute Gasteiger partial charge is 0.264 e. The average Bonchev–Trinajstić information content (AvgIpc) is 3.04. The van der Waals surface area contributed by atoms with Crippen LogP contribution in [0, 0.1) is 5.92 Å². The summed E-state index contributed by atoms with van der Waals surface area (Å²) in [5.74, 6) is 0.0842. The molecule has 0 radical (unpaired) electrons. The molecule has 3 rings (SSSR count). The summed E-state index contributed by atoms with van der Waals surface area (Å²) >= 11 is 6.41. The van der Waals surface area contributed by atoms with Gasteiger partial charge in [-0.25, -0.2) is 18.1 Å². The number of aromatic nitrogens is 2. The third-order valence-electron chi connectivity index (χ3n) is 4.60. The topological polar surface area (TPSA) is 90.3 Å². The van der Waals surface area contributed by atoms with E-state index in [1.54, 1.807) is 24.4 Å². The fourth-order valence-electron chi connectivity index (χ4n) is 3.20. The van der Waals surface area contributed by atoms with E-state index < -0.39 is 15.9 Å². The molecule has 7 nitrogen and oxygen atoms in total. The van der Waals surface area contributed by atoms with Crippen molar-refractivity contribution in [1.82, 2.24) is 14.3 Å². The number of sulfonamides is 1. The first-order chi connectivity index (χ1) is 14.5. The molecule has 0 unspecified atom stereocenters. The van der Waals surface area contributed by atoms with Crippen molar-refractivity contribution in [3.8, 4) is 17.0 Å². The lowest BCUT2D eigenvalue weighted by Gasteiger charge is -2.10. The number of hydrogen-bond acceptors (Lipinski definition) is 5. The molecule has 0 aliphatic rings. The molecule has 0 bridgehead atoms. The third kappa shape index (κ3) is 5.37. The molecule has 166 valence electrons. The van der Waals surface area contributed by atoms with Crippen LogP contribution in [0.3, 0.4) is 0 Å². The van der Waals surface area contributed by atoms with Crippen LogP contribution in [0.15, 0.2) is 36.7 Å². The van der Waals surface area contributed by atoms with Crippen molar-refractivity contribution < 1.29 is 17.9 Å². The lowest BCUT2D eigenvalue weighted by Crippen LogP contribution is -2.29. The monoisotopic (exact) mass is 463 g/mol. The fourth-order valence-corrected chi connectivity index (χ4v) is 3.88. The van der Waals surface area contributed by atoms with Crippen LogP contribution in [-0.2, 0) is 10.0 Å². The van der Waals surface area contributed by atoms with E-state index in [9.17, 15) is 13.2 Å². The van der Waals surface area contributed by atoms with Gasteiger partial charge in [-0.05, 0) is 38.0 Å². The number of amides is 1. The van der Waals surface area contributed by atoms with Gasteiger partial charge in [0.2, 0.25) is 15.9 Å². The number of fused-ring (bicyclic) bond motifs is 1. The molecule has 0 fully saturated rings. The summed E-state index contributed by atoms with van der Waals surface area (Å²) in [6, 6.07) is 7.02. The van der Waals surface area contributed by atoms with Gasteiger partial charge in [0.25, 0.3) is 5.91 Å². The molecule has 2 heterocycles. The second-order valence-electron chi connectivity index (χ2n) is 8.19. The van der Waals surface area contributed by atoms with E-state index in [-0.39, 0.29) is 11.6 Å². The van der Waals surface area contributed by atoms with Crippen LogP contribution in [0.2, 0.25) is 5.02 Å². The van der Waals surface area contributed by atoms with E-state index in [1.165, 1.54) is 0 Å². The molecule has 9 heteroatoms. The van der Waals surface area contributed by atoms with Crippen molar-refractivity contribution in [2.24, 2.45) is 5.92 Å². The van der Waals surface area contributed by atoms with E-state index in [0.717, 1.165) is 28.3 Å². The SMILES string of the molecule is CC(C)COc1ncc(-c2cn(C(C)C)c3cc(C(=O)NS(C)(=O)=O)ccc23)cc1Cl. The van der Waals surface area contributed by atoms with Gasteiger partial charge in [0.1, 0.15) is 5.02 Å². The van der Waals surface area contributed by atoms with Gasteiger partial charge in [0.05, 0.1) is 12.9 Å². The standard InChI is InChI=1S/C22H26ClN3O4S/c1-13(2)12-30-22-19(23)8-16(10-24-22)18-11-26(14(3)4)20-9-15(6-7-17(18)20)21(27)25-31(5,28)29/h6-11,13-14H,12H2,1-5H3,(H,25,27). The molecule has 3 aromatic rings. The summed E-state index contributed by atoms with van der Waals surface area (Å²) in [4.78, 5) is 16.7. The predicted molar refractivity (Wildman–Crippen MR) is 123 cm³/mol. The molecular formula is C22H26ClN3O4S. The van der Waals surface area contributed by atoms with Gasteiger partial charge < -0.3 is 9.30 Å². The largest absolute Gasteiger partial charge is 0.476 e. The zero-order valence-electron chi connectivity index (χ0n) is 18.1. The second kappa shape index (κ2) is 8.88. The maximum Gasteiger partial charge on any atom is 0.264 e. The number of carbonyl (C=O) groups excluding carboxylic acids is 1. The molecule has 0 spiro atoms. The number of nitrogens with one attached hydrogen (secondary N) is 1. The lowest BCUT2D eigenvalue weighted by atomic mass is 10.0. The van der Waals surface area contributed by atoms with Crippen molar-refractivity contribution in [2.45, 2.75) is 33.7 Å². The summed E-state index contributed by atoms with van der Waals surface area (Å²) in [6.07, 6.45) is 4.64. The summed E-state index contributed by atoms with van der Waals surface area (Å²) in [5, 5.41) is 1.33. The number of rotatable bonds is 7. The lowest BCUT2D eigenvalue weighted by molar-refractivity contribution is 0.0981. The number of hydrogen-bond donors (Lipinski definition) is 1. The van der Waals surface area contributed by atoms with Crippen LogP contribution in [0.5, 0.6) is 5.88 Å². The first-order valence-corrected chi connectivity index (χ1v) is 12.2. The molecule has 0 saturated carbocycles.